The highest BCUT2D eigenvalue weighted by atomic mass is 35.5. The molecule has 3 aromatic rings. The predicted molar refractivity (Wildman–Crippen MR) is 121 cm³/mol. The molecule has 5 nitrogen and oxygen atoms in total. The van der Waals surface area contributed by atoms with Crippen molar-refractivity contribution in [2.75, 3.05) is 11.1 Å². The molecule has 0 unspecified atom stereocenters. The Hall–Kier alpha value is -2.57. The molecular weight excluding hydrogens is 404 g/mol. The minimum absolute atomic E-state index is 0.0975. The molecule has 150 valence electrons. The third-order valence-corrected chi connectivity index (χ3v) is 5.63. The molecule has 0 atom stereocenters. The molecule has 0 aliphatic carbocycles. The van der Waals surface area contributed by atoms with E-state index in [9.17, 15) is 4.79 Å². The Morgan fingerprint density at radius 2 is 1.93 bits per heavy atom. The van der Waals surface area contributed by atoms with Crippen molar-refractivity contribution in [2.24, 2.45) is 0 Å². The quantitative estimate of drug-likeness (QED) is 0.374. The molecule has 1 heterocycles. The van der Waals surface area contributed by atoms with Crippen LogP contribution >= 0.6 is 23.4 Å². The van der Waals surface area contributed by atoms with Gasteiger partial charge in [0.05, 0.1) is 10.8 Å². The predicted octanol–water partition coefficient (Wildman–Crippen LogP) is 5.64. The van der Waals surface area contributed by atoms with Crippen LogP contribution in [-0.4, -0.2) is 26.4 Å². The Kier molecular flexibility index (Phi) is 7.12. The second kappa shape index (κ2) is 9.76. The van der Waals surface area contributed by atoms with Crippen LogP contribution in [0.2, 0.25) is 5.02 Å². The smallest absolute Gasteiger partial charge is 0.234 e. The van der Waals surface area contributed by atoms with E-state index in [1.165, 1.54) is 17.3 Å². The van der Waals surface area contributed by atoms with Crippen LogP contribution in [0.4, 0.5) is 5.69 Å². The molecule has 3 rings (SSSR count). The molecule has 29 heavy (non-hydrogen) atoms. The molecule has 0 saturated heterocycles. The highest BCUT2D eigenvalue weighted by Crippen LogP contribution is 2.29. The molecule has 0 radical (unpaired) electrons. The summed E-state index contributed by atoms with van der Waals surface area (Å²) < 4.78 is 1.91. The molecule has 0 saturated carbocycles. The Morgan fingerprint density at radius 1 is 1.21 bits per heavy atom. The summed E-state index contributed by atoms with van der Waals surface area (Å²) in [6.45, 7) is 8.61. The Labute approximate surface area is 180 Å². The highest BCUT2D eigenvalue weighted by Gasteiger charge is 2.16. The molecule has 0 aliphatic heterocycles. The number of nitrogens with one attached hydrogen (secondary N) is 1. The number of halogens is 1. The fourth-order valence-electron chi connectivity index (χ4n) is 2.81. The summed E-state index contributed by atoms with van der Waals surface area (Å²) in [5.41, 5.74) is 2.82. The number of hydrogen-bond acceptors (Lipinski definition) is 4. The monoisotopic (exact) mass is 426 g/mol. The summed E-state index contributed by atoms with van der Waals surface area (Å²) in [6.07, 6.45) is 1.77. The van der Waals surface area contributed by atoms with E-state index >= 15 is 0 Å². The molecule has 2 aromatic carbocycles. The van der Waals surface area contributed by atoms with Crippen LogP contribution in [0, 0.1) is 0 Å². The molecule has 1 N–H and O–H groups in total. The number of anilines is 1. The van der Waals surface area contributed by atoms with Gasteiger partial charge in [-0.15, -0.1) is 16.8 Å². The minimum atomic E-state index is -0.0975. The van der Waals surface area contributed by atoms with Gasteiger partial charge in [0.1, 0.15) is 0 Å². The van der Waals surface area contributed by atoms with Gasteiger partial charge in [-0.1, -0.05) is 67.6 Å². The summed E-state index contributed by atoms with van der Waals surface area (Å²) in [6, 6.07) is 15.4. The molecular formula is C22H23ClN4OS. The Balaban J connectivity index is 1.69. The molecule has 7 heteroatoms. The average molecular weight is 427 g/mol. The van der Waals surface area contributed by atoms with E-state index in [0.717, 1.165) is 11.3 Å². The lowest BCUT2D eigenvalue weighted by molar-refractivity contribution is -0.113. The van der Waals surface area contributed by atoms with Crippen LogP contribution < -0.4 is 5.32 Å². The second-order valence-corrected chi connectivity index (χ2v) is 8.15. The molecule has 1 amide bonds. The van der Waals surface area contributed by atoms with Gasteiger partial charge in [0.2, 0.25) is 5.91 Å². The topological polar surface area (TPSA) is 59.8 Å². The second-order valence-electron chi connectivity index (χ2n) is 6.80. The van der Waals surface area contributed by atoms with E-state index in [0.29, 0.717) is 28.5 Å². The maximum Gasteiger partial charge on any atom is 0.234 e. The molecule has 0 bridgehead atoms. The fourth-order valence-corrected chi connectivity index (χ4v) is 3.78. The van der Waals surface area contributed by atoms with Crippen LogP contribution in [0.15, 0.2) is 66.3 Å². The van der Waals surface area contributed by atoms with Crippen LogP contribution in [-0.2, 0) is 11.3 Å². The van der Waals surface area contributed by atoms with Gasteiger partial charge in [-0.05, 0) is 35.7 Å². The standard InChI is InChI=1S/C22H23ClN4OS/c1-4-13-27-21(18-7-5-6-8-19(18)23)25-26-22(27)29-14-20(28)24-17-11-9-16(10-12-17)15(2)3/h4-12,15H,1,13-14H2,2-3H3,(H,24,28). The van der Waals surface area contributed by atoms with Gasteiger partial charge in [0.25, 0.3) is 0 Å². The van der Waals surface area contributed by atoms with E-state index in [1.54, 1.807) is 6.08 Å². The first kappa shape index (κ1) is 21.1. The number of nitrogens with zero attached hydrogens (tertiary/aromatic N) is 3. The number of allylic oxidation sites excluding steroid dienone is 1. The van der Waals surface area contributed by atoms with Crippen molar-refractivity contribution in [1.82, 2.24) is 14.8 Å². The van der Waals surface area contributed by atoms with Crippen molar-refractivity contribution < 1.29 is 4.79 Å². The maximum atomic E-state index is 12.4. The minimum Gasteiger partial charge on any atom is -0.325 e. The van der Waals surface area contributed by atoms with E-state index in [2.05, 4.69) is 35.9 Å². The lowest BCUT2D eigenvalue weighted by Gasteiger charge is -2.10. The third-order valence-electron chi connectivity index (χ3n) is 4.34. The number of carbonyl (C=O) groups is 1. The first-order valence-corrected chi connectivity index (χ1v) is 10.7. The van der Waals surface area contributed by atoms with E-state index in [4.69, 9.17) is 11.6 Å². The number of thioether (sulfide) groups is 1. The number of aromatic nitrogens is 3. The number of amides is 1. The molecule has 0 fully saturated rings. The number of carbonyl (C=O) groups excluding carboxylic acids is 1. The summed E-state index contributed by atoms with van der Waals surface area (Å²) in [4.78, 5) is 12.4. The van der Waals surface area contributed by atoms with Gasteiger partial charge in [-0.3, -0.25) is 9.36 Å². The number of rotatable bonds is 8. The summed E-state index contributed by atoms with van der Waals surface area (Å²) in [5, 5.41) is 12.7. The summed E-state index contributed by atoms with van der Waals surface area (Å²) in [7, 11) is 0. The SMILES string of the molecule is C=CCn1c(SCC(=O)Nc2ccc(C(C)C)cc2)nnc1-c1ccccc1Cl. The van der Waals surface area contributed by atoms with Crippen molar-refractivity contribution in [3.8, 4) is 11.4 Å². The lowest BCUT2D eigenvalue weighted by atomic mass is 10.0. The first-order chi connectivity index (χ1) is 14.0. The molecule has 0 aliphatic rings. The van der Waals surface area contributed by atoms with Crippen molar-refractivity contribution in [3.05, 3.63) is 71.8 Å². The zero-order valence-electron chi connectivity index (χ0n) is 16.4. The van der Waals surface area contributed by atoms with E-state index in [1.807, 2.05) is 53.1 Å². The Bertz CT molecular complexity index is 998. The van der Waals surface area contributed by atoms with Crippen LogP contribution in [0.3, 0.4) is 0 Å². The van der Waals surface area contributed by atoms with Gasteiger partial charge in [-0.25, -0.2) is 0 Å². The normalized spacial score (nSPS) is 10.9. The summed E-state index contributed by atoms with van der Waals surface area (Å²) >= 11 is 7.64. The van der Waals surface area contributed by atoms with Gasteiger partial charge < -0.3 is 5.32 Å². The number of hydrogen-bond donors (Lipinski definition) is 1. The van der Waals surface area contributed by atoms with Crippen molar-refractivity contribution >= 4 is 35.0 Å². The zero-order chi connectivity index (χ0) is 20.8. The van der Waals surface area contributed by atoms with Gasteiger partial charge in [-0.2, -0.15) is 0 Å². The zero-order valence-corrected chi connectivity index (χ0v) is 18.0. The first-order valence-electron chi connectivity index (χ1n) is 9.31. The van der Waals surface area contributed by atoms with E-state index < -0.39 is 0 Å². The lowest BCUT2D eigenvalue weighted by Crippen LogP contribution is -2.14. The van der Waals surface area contributed by atoms with Gasteiger partial charge in [0.15, 0.2) is 11.0 Å². The fraction of sp³-hybridized carbons (Fsp3) is 0.227. The largest absolute Gasteiger partial charge is 0.325 e. The van der Waals surface area contributed by atoms with E-state index in [-0.39, 0.29) is 11.7 Å². The molecule has 0 spiro atoms. The number of benzene rings is 2. The van der Waals surface area contributed by atoms with Crippen LogP contribution in [0.5, 0.6) is 0 Å². The van der Waals surface area contributed by atoms with Crippen molar-refractivity contribution in [2.45, 2.75) is 31.5 Å². The Morgan fingerprint density at radius 3 is 2.59 bits per heavy atom. The van der Waals surface area contributed by atoms with Gasteiger partial charge in [0, 0.05) is 17.8 Å². The molecule has 1 aromatic heterocycles. The van der Waals surface area contributed by atoms with Crippen molar-refractivity contribution in [1.29, 1.82) is 0 Å². The highest BCUT2D eigenvalue weighted by molar-refractivity contribution is 7.99. The van der Waals surface area contributed by atoms with Crippen LogP contribution in [0.25, 0.3) is 11.4 Å². The summed E-state index contributed by atoms with van der Waals surface area (Å²) in [5.74, 6) is 1.24. The third kappa shape index (κ3) is 5.28. The average Bonchev–Trinajstić information content (AvgIpc) is 3.10. The van der Waals surface area contributed by atoms with Crippen LogP contribution in [0.1, 0.15) is 25.3 Å². The van der Waals surface area contributed by atoms with Gasteiger partial charge >= 0.3 is 0 Å². The maximum absolute atomic E-state index is 12.4. The van der Waals surface area contributed by atoms with Crippen molar-refractivity contribution in [3.63, 3.8) is 0 Å².